The molecule has 0 spiro atoms. The van der Waals surface area contributed by atoms with Crippen molar-refractivity contribution in [1.82, 2.24) is 9.55 Å². The highest BCUT2D eigenvalue weighted by Crippen LogP contribution is 2.27. The third-order valence-electron chi connectivity index (χ3n) is 2.64. The molecule has 1 fully saturated rings. The Labute approximate surface area is 94.7 Å². The van der Waals surface area contributed by atoms with Crippen LogP contribution < -0.4 is 11.2 Å². The predicted octanol–water partition coefficient (Wildman–Crippen LogP) is -2.85. The minimum Gasteiger partial charge on any atom is -0.394 e. The molecule has 4 atom stereocenters. The molecular formula is C9H12N2O6. The lowest BCUT2D eigenvalue weighted by Crippen LogP contribution is -2.37. The molecule has 0 aliphatic carbocycles. The highest BCUT2D eigenvalue weighted by Gasteiger charge is 2.43. The van der Waals surface area contributed by atoms with Gasteiger partial charge in [-0.15, -0.1) is 0 Å². The van der Waals surface area contributed by atoms with Gasteiger partial charge in [-0.2, -0.15) is 0 Å². The van der Waals surface area contributed by atoms with E-state index in [0.29, 0.717) is 0 Å². The molecule has 0 aromatic carbocycles. The van der Waals surface area contributed by atoms with Crippen molar-refractivity contribution >= 4 is 0 Å². The minimum atomic E-state index is -1.35. The number of nitrogens with one attached hydrogen (secondary N) is 1. The standard InChI is InChI=1S/C9H12N2O6/c12-3-4-6(14)7(15)8(17-4)11-2-1-5(13)10-9(11)16/h1-2,4,6-8,12,14-15H,3H2,(H,10,13,16)/t4-,6-,7-,8-/m1/s1/i3+1. The highest BCUT2D eigenvalue weighted by atomic mass is 16.6. The van der Waals surface area contributed by atoms with E-state index in [9.17, 15) is 19.8 Å². The zero-order valence-corrected chi connectivity index (χ0v) is 8.68. The van der Waals surface area contributed by atoms with Crippen molar-refractivity contribution in [2.45, 2.75) is 24.5 Å². The summed E-state index contributed by atoms with van der Waals surface area (Å²) in [5, 5.41) is 28.1. The van der Waals surface area contributed by atoms with Gasteiger partial charge in [0.1, 0.15) is 18.3 Å². The van der Waals surface area contributed by atoms with Gasteiger partial charge < -0.3 is 20.1 Å². The summed E-state index contributed by atoms with van der Waals surface area (Å²) < 4.78 is 6.08. The molecular weight excluding hydrogens is 233 g/mol. The lowest BCUT2D eigenvalue weighted by molar-refractivity contribution is -0.0550. The summed E-state index contributed by atoms with van der Waals surface area (Å²) in [6, 6.07) is 1.09. The smallest absolute Gasteiger partial charge is 0.330 e. The molecule has 1 aliphatic heterocycles. The summed E-state index contributed by atoms with van der Waals surface area (Å²) >= 11 is 0. The number of aliphatic hydroxyl groups excluding tert-OH is 3. The number of aliphatic hydroxyl groups is 3. The van der Waals surface area contributed by atoms with Crippen LogP contribution in [0.25, 0.3) is 0 Å². The second-order valence-electron chi connectivity index (χ2n) is 3.75. The van der Waals surface area contributed by atoms with Gasteiger partial charge >= 0.3 is 5.69 Å². The number of ether oxygens (including phenoxy) is 1. The molecule has 8 heteroatoms. The van der Waals surface area contributed by atoms with Gasteiger partial charge in [0.05, 0.1) is 6.61 Å². The van der Waals surface area contributed by atoms with Crippen LogP contribution in [0.15, 0.2) is 21.9 Å². The Morgan fingerprint density at radius 2 is 2.06 bits per heavy atom. The van der Waals surface area contributed by atoms with Crippen molar-refractivity contribution in [3.05, 3.63) is 33.1 Å². The van der Waals surface area contributed by atoms with Crippen molar-refractivity contribution in [2.24, 2.45) is 0 Å². The molecule has 2 heterocycles. The zero-order chi connectivity index (χ0) is 12.6. The van der Waals surface area contributed by atoms with Gasteiger partial charge in [0.25, 0.3) is 5.56 Å². The van der Waals surface area contributed by atoms with Crippen molar-refractivity contribution in [3.63, 3.8) is 0 Å². The van der Waals surface area contributed by atoms with E-state index < -0.39 is 42.4 Å². The number of hydrogen-bond acceptors (Lipinski definition) is 6. The van der Waals surface area contributed by atoms with Gasteiger partial charge in [-0.05, 0) is 0 Å². The summed E-state index contributed by atoms with van der Waals surface area (Å²) in [7, 11) is 0. The molecule has 2 rings (SSSR count). The van der Waals surface area contributed by atoms with Crippen LogP contribution in [0.5, 0.6) is 0 Å². The van der Waals surface area contributed by atoms with Crippen LogP contribution in [-0.4, -0.2) is 49.8 Å². The Kier molecular flexibility index (Phi) is 3.11. The molecule has 1 aromatic rings. The van der Waals surface area contributed by atoms with Crippen LogP contribution in [0.1, 0.15) is 6.23 Å². The lowest BCUT2D eigenvalue weighted by Gasteiger charge is -2.16. The first-order chi connectivity index (χ1) is 8.04. The average Bonchev–Trinajstić information content (AvgIpc) is 2.57. The van der Waals surface area contributed by atoms with Gasteiger partial charge in [0, 0.05) is 12.3 Å². The zero-order valence-electron chi connectivity index (χ0n) is 8.68. The monoisotopic (exact) mass is 245 g/mol. The quantitative estimate of drug-likeness (QED) is 0.416. The largest absolute Gasteiger partial charge is 0.394 e. The molecule has 1 aliphatic rings. The summed E-state index contributed by atoms with van der Waals surface area (Å²) in [4.78, 5) is 24.3. The number of rotatable bonds is 2. The maximum atomic E-state index is 11.4. The summed E-state index contributed by atoms with van der Waals surface area (Å²) in [5.41, 5.74) is -1.33. The molecule has 0 unspecified atom stereocenters. The maximum absolute atomic E-state index is 11.4. The summed E-state index contributed by atoms with van der Waals surface area (Å²) in [6.45, 7) is -0.479. The Bertz CT molecular complexity index is 509. The van der Waals surface area contributed by atoms with Gasteiger partial charge in [0.2, 0.25) is 0 Å². The number of H-pyrrole nitrogens is 1. The fourth-order valence-corrected chi connectivity index (χ4v) is 1.74. The van der Waals surface area contributed by atoms with Crippen molar-refractivity contribution in [1.29, 1.82) is 0 Å². The van der Waals surface area contributed by atoms with E-state index in [1.54, 1.807) is 0 Å². The Hall–Kier alpha value is -1.48. The first-order valence-corrected chi connectivity index (χ1v) is 4.98. The van der Waals surface area contributed by atoms with Crippen molar-refractivity contribution in [2.75, 3.05) is 6.61 Å². The van der Waals surface area contributed by atoms with Gasteiger partial charge in [0.15, 0.2) is 6.23 Å². The average molecular weight is 245 g/mol. The van der Waals surface area contributed by atoms with Crippen molar-refractivity contribution in [3.8, 4) is 0 Å². The van der Waals surface area contributed by atoms with E-state index in [4.69, 9.17) is 9.84 Å². The van der Waals surface area contributed by atoms with E-state index in [1.165, 1.54) is 0 Å². The molecule has 1 aromatic heterocycles. The van der Waals surface area contributed by atoms with Gasteiger partial charge in [-0.1, -0.05) is 0 Å². The maximum Gasteiger partial charge on any atom is 0.330 e. The molecule has 17 heavy (non-hydrogen) atoms. The molecule has 0 bridgehead atoms. The number of nitrogens with zero attached hydrogens (tertiary/aromatic N) is 1. The molecule has 4 N–H and O–H groups in total. The van der Waals surface area contributed by atoms with Crippen molar-refractivity contribution < 1.29 is 20.1 Å². The molecule has 0 radical (unpaired) electrons. The van der Waals surface area contributed by atoms with E-state index >= 15 is 0 Å². The molecule has 94 valence electrons. The van der Waals surface area contributed by atoms with Gasteiger partial charge in [-0.3, -0.25) is 14.3 Å². The fourth-order valence-electron chi connectivity index (χ4n) is 1.74. The van der Waals surface area contributed by atoms with Crippen LogP contribution >= 0.6 is 0 Å². The van der Waals surface area contributed by atoms with Crippen LogP contribution in [0.2, 0.25) is 0 Å². The van der Waals surface area contributed by atoms with Gasteiger partial charge in [-0.25, -0.2) is 4.79 Å². The minimum absolute atomic E-state index is 0.479. The predicted molar refractivity (Wildman–Crippen MR) is 54.3 cm³/mol. The van der Waals surface area contributed by atoms with E-state index in [1.807, 2.05) is 4.98 Å². The fraction of sp³-hybridized carbons (Fsp3) is 0.556. The first kappa shape index (κ1) is 12.0. The number of aromatic nitrogens is 2. The first-order valence-electron chi connectivity index (χ1n) is 4.98. The third-order valence-corrected chi connectivity index (χ3v) is 2.64. The molecule has 0 amide bonds. The topological polar surface area (TPSA) is 125 Å². The van der Waals surface area contributed by atoms with Crippen LogP contribution in [0, 0.1) is 0 Å². The number of hydrogen-bond donors (Lipinski definition) is 4. The molecule has 0 saturated carbocycles. The van der Waals surface area contributed by atoms with Crippen LogP contribution in [0.3, 0.4) is 0 Å². The normalized spacial score (nSPS) is 32.9. The SMILES string of the molecule is O=c1ccn([C@@H]2O[C@H]([13CH2]O)[C@@H](O)[C@H]2O)c(=O)[nH]1. The Morgan fingerprint density at radius 1 is 1.35 bits per heavy atom. The number of aromatic amines is 1. The van der Waals surface area contributed by atoms with E-state index in [-0.39, 0.29) is 0 Å². The summed E-state index contributed by atoms with van der Waals surface area (Å²) in [5.74, 6) is 0. The highest BCUT2D eigenvalue weighted by molar-refractivity contribution is 4.92. The van der Waals surface area contributed by atoms with Crippen LogP contribution in [0.4, 0.5) is 0 Å². The molecule has 1 saturated heterocycles. The molecule has 8 nitrogen and oxygen atoms in total. The van der Waals surface area contributed by atoms with Crippen LogP contribution in [-0.2, 0) is 4.74 Å². The van der Waals surface area contributed by atoms with E-state index in [2.05, 4.69) is 0 Å². The second kappa shape index (κ2) is 4.41. The second-order valence-corrected chi connectivity index (χ2v) is 3.75. The lowest BCUT2D eigenvalue weighted by atomic mass is 10.2. The third kappa shape index (κ3) is 2.03. The Morgan fingerprint density at radius 3 is 2.59 bits per heavy atom. The Balaban J connectivity index is 2.35. The summed E-state index contributed by atoms with van der Waals surface area (Å²) in [6.07, 6.45) is -3.58. The van der Waals surface area contributed by atoms with E-state index in [0.717, 1.165) is 16.8 Å².